The molecule has 2 saturated heterocycles. The van der Waals surface area contributed by atoms with Crippen molar-refractivity contribution >= 4 is 27.4 Å². The zero-order valence-electron chi connectivity index (χ0n) is 14.3. The van der Waals surface area contributed by atoms with Gasteiger partial charge in [-0.2, -0.15) is 0 Å². The Morgan fingerprint density at radius 3 is 2.96 bits per heavy atom. The molecule has 24 heavy (non-hydrogen) atoms. The van der Waals surface area contributed by atoms with Gasteiger partial charge in [0.2, 0.25) is 0 Å². The van der Waals surface area contributed by atoms with Gasteiger partial charge in [0.25, 0.3) is 0 Å². The first-order valence-corrected chi connectivity index (χ1v) is 10.5. The van der Waals surface area contributed by atoms with Gasteiger partial charge in [0.15, 0.2) is 0 Å². The lowest BCUT2D eigenvalue weighted by Gasteiger charge is -2.32. The fraction of sp³-hybridized carbons (Fsp3) is 0.684. The summed E-state index contributed by atoms with van der Waals surface area (Å²) in [5.74, 6) is 1.11. The molecule has 0 amide bonds. The van der Waals surface area contributed by atoms with E-state index in [0.717, 1.165) is 5.82 Å². The summed E-state index contributed by atoms with van der Waals surface area (Å²) in [6, 6.07) is 1.27. The standard InChI is InChI=1S/C19H26N4S/c1-2-6-13-16(8-3-1)24-19-17(13)18(20-12-21-19)22-14-9-11-23-10-5-4-7-15(14)23/h12,14-15H,1-11H2,(H,20,21,22)/t14-,15+/m1/s1. The van der Waals surface area contributed by atoms with Crippen molar-refractivity contribution in [2.75, 3.05) is 18.4 Å². The predicted molar refractivity (Wildman–Crippen MR) is 99.9 cm³/mol. The molecule has 4 nitrogen and oxygen atoms in total. The highest BCUT2D eigenvalue weighted by atomic mass is 32.1. The second-order valence-electron chi connectivity index (χ2n) is 7.61. The third kappa shape index (κ3) is 2.53. The van der Waals surface area contributed by atoms with Crippen molar-refractivity contribution < 1.29 is 0 Å². The molecule has 4 heterocycles. The van der Waals surface area contributed by atoms with E-state index in [0.29, 0.717) is 12.1 Å². The van der Waals surface area contributed by atoms with Crippen LogP contribution in [0.1, 0.15) is 55.4 Å². The molecular weight excluding hydrogens is 316 g/mol. The Hall–Kier alpha value is -1.20. The van der Waals surface area contributed by atoms with Gasteiger partial charge < -0.3 is 5.32 Å². The number of nitrogens with one attached hydrogen (secondary N) is 1. The van der Waals surface area contributed by atoms with Crippen LogP contribution in [0.5, 0.6) is 0 Å². The number of aromatic nitrogens is 2. The van der Waals surface area contributed by atoms with E-state index in [-0.39, 0.29) is 0 Å². The number of thiophene rings is 1. The van der Waals surface area contributed by atoms with Crippen LogP contribution in [0.4, 0.5) is 5.82 Å². The van der Waals surface area contributed by atoms with Crippen LogP contribution >= 0.6 is 11.3 Å². The van der Waals surface area contributed by atoms with Gasteiger partial charge in [0, 0.05) is 23.5 Å². The predicted octanol–water partition coefficient (Wildman–Crippen LogP) is 4.00. The van der Waals surface area contributed by atoms with Crippen LogP contribution < -0.4 is 5.32 Å². The molecular formula is C19H26N4S. The van der Waals surface area contributed by atoms with E-state index in [4.69, 9.17) is 0 Å². The largest absolute Gasteiger partial charge is 0.365 e. The van der Waals surface area contributed by atoms with Gasteiger partial charge in [-0.25, -0.2) is 9.97 Å². The Bertz CT molecular complexity index is 740. The van der Waals surface area contributed by atoms with E-state index in [1.54, 1.807) is 16.8 Å². The van der Waals surface area contributed by atoms with Gasteiger partial charge in [0.05, 0.1) is 5.39 Å². The van der Waals surface area contributed by atoms with Crippen molar-refractivity contribution in [1.82, 2.24) is 14.9 Å². The maximum absolute atomic E-state index is 4.68. The summed E-state index contributed by atoms with van der Waals surface area (Å²) in [6.45, 7) is 2.54. The molecule has 2 aromatic heterocycles. The number of nitrogens with zero attached hydrogens (tertiary/aromatic N) is 3. The van der Waals surface area contributed by atoms with Crippen LogP contribution in [0.3, 0.4) is 0 Å². The Morgan fingerprint density at radius 1 is 1.00 bits per heavy atom. The maximum Gasteiger partial charge on any atom is 0.138 e. The first-order chi connectivity index (χ1) is 11.9. The highest BCUT2D eigenvalue weighted by Crippen LogP contribution is 2.38. The minimum atomic E-state index is 0.560. The minimum absolute atomic E-state index is 0.560. The van der Waals surface area contributed by atoms with Crippen molar-refractivity contribution in [3.63, 3.8) is 0 Å². The fourth-order valence-electron chi connectivity index (χ4n) is 4.97. The number of rotatable bonds is 2. The minimum Gasteiger partial charge on any atom is -0.365 e. The fourth-order valence-corrected chi connectivity index (χ4v) is 6.20. The summed E-state index contributed by atoms with van der Waals surface area (Å²) in [7, 11) is 0. The number of anilines is 1. The average Bonchev–Trinajstić information content (AvgIpc) is 3.10. The molecule has 0 unspecified atom stereocenters. The van der Waals surface area contributed by atoms with Crippen molar-refractivity contribution in [2.24, 2.45) is 0 Å². The third-order valence-corrected chi connectivity index (χ3v) is 7.38. The van der Waals surface area contributed by atoms with Gasteiger partial charge in [0.1, 0.15) is 17.0 Å². The number of hydrogen-bond donors (Lipinski definition) is 1. The van der Waals surface area contributed by atoms with E-state index in [9.17, 15) is 0 Å². The third-order valence-electron chi connectivity index (χ3n) is 6.18. The molecule has 1 aliphatic carbocycles. The second-order valence-corrected chi connectivity index (χ2v) is 8.69. The van der Waals surface area contributed by atoms with Crippen molar-refractivity contribution in [1.29, 1.82) is 0 Å². The van der Waals surface area contributed by atoms with Gasteiger partial charge in [-0.1, -0.05) is 12.8 Å². The topological polar surface area (TPSA) is 41.1 Å². The monoisotopic (exact) mass is 342 g/mol. The lowest BCUT2D eigenvalue weighted by molar-refractivity contribution is 0.192. The van der Waals surface area contributed by atoms with Crippen LogP contribution in [0, 0.1) is 0 Å². The molecule has 128 valence electrons. The zero-order valence-corrected chi connectivity index (χ0v) is 15.1. The molecule has 0 radical (unpaired) electrons. The summed E-state index contributed by atoms with van der Waals surface area (Å²) >= 11 is 1.91. The Kier molecular flexibility index (Phi) is 3.94. The molecule has 5 rings (SSSR count). The Labute approximate surface area is 147 Å². The summed E-state index contributed by atoms with van der Waals surface area (Å²) in [5, 5.41) is 5.19. The van der Waals surface area contributed by atoms with Crippen LogP contribution in [-0.4, -0.2) is 40.0 Å². The summed E-state index contributed by atoms with van der Waals surface area (Å²) < 4.78 is 0. The van der Waals surface area contributed by atoms with Crippen LogP contribution in [-0.2, 0) is 12.8 Å². The number of aryl methyl sites for hydroxylation is 2. The van der Waals surface area contributed by atoms with Gasteiger partial charge >= 0.3 is 0 Å². The van der Waals surface area contributed by atoms with Gasteiger partial charge in [-0.15, -0.1) is 11.3 Å². The van der Waals surface area contributed by atoms with Crippen molar-refractivity contribution in [3.8, 4) is 0 Å². The molecule has 0 spiro atoms. The average molecular weight is 343 g/mol. The number of piperidine rings is 1. The Balaban J connectivity index is 1.49. The SMILES string of the molecule is c1nc(N[C@@H]2CCN3CCCC[C@@H]23)c2c3c(sc2n1)CCCCC3. The van der Waals surface area contributed by atoms with E-state index in [2.05, 4.69) is 20.2 Å². The van der Waals surface area contributed by atoms with E-state index in [1.165, 1.54) is 81.1 Å². The molecule has 0 saturated carbocycles. The first kappa shape index (κ1) is 15.1. The molecule has 2 aliphatic heterocycles. The quantitative estimate of drug-likeness (QED) is 0.838. The molecule has 5 heteroatoms. The normalized spacial score (nSPS) is 27.7. The number of hydrogen-bond acceptors (Lipinski definition) is 5. The first-order valence-electron chi connectivity index (χ1n) is 9.66. The molecule has 1 N–H and O–H groups in total. The van der Waals surface area contributed by atoms with E-state index in [1.807, 2.05) is 11.3 Å². The molecule has 0 aromatic carbocycles. The molecule has 2 fully saturated rings. The second kappa shape index (κ2) is 6.26. The zero-order chi connectivity index (χ0) is 15.9. The van der Waals surface area contributed by atoms with Crippen LogP contribution in [0.25, 0.3) is 10.2 Å². The van der Waals surface area contributed by atoms with E-state index >= 15 is 0 Å². The smallest absolute Gasteiger partial charge is 0.138 e. The Morgan fingerprint density at radius 2 is 1.96 bits per heavy atom. The maximum atomic E-state index is 4.68. The molecule has 3 aliphatic rings. The number of fused-ring (bicyclic) bond motifs is 4. The molecule has 0 bridgehead atoms. The van der Waals surface area contributed by atoms with Crippen LogP contribution in [0.15, 0.2) is 6.33 Å². The van der Waals surface area contributed by atoms with Crippen molar-refractivity contribution in [3.05, 3.63) is 16.8 Å². The van der Waals surface area contributed by atoms with Crippen molar-refractivity contribution in [2.45, 2.75) is 69.9 Å². The highest BCUT2D eigenvalue weighted by Gasteiger charge is 2.36. The summed E-state index contributed by atoms with van der Waals surface area (Å²) in [4.78, 5) is 14.7. The van der Waals surface area contributed by atoms with Crippen LogP contribution in [0.2, 0.25) is 0 Å². The van der Waals surface area contributed by atoms with Gasteiger partial charge in [-0.05, 0) is 57.1 Å². The highest BCUT2D eigenvalue weighted by molar-refractivity contribution is 7.18. The summed E-state index contributed by atoms with van der Waals surface area (Å²) in [6.07, 6.45) is 13.5. The lowest BCUT2D eigenvalue weighted by atomic mass is 9.99. The molecule has 2 atom stereocenters. The lowest BCUT2D eigenvalue weighted by Crippen LogP contribution is -2.41. The summed E-state index contributed by atoms with van der Waals surface area (Å²) in [5.41, 5.74) is 1.55. The van der Waals surface area contributed by atoms with Gasteiger partial charge in [-0.3, -0.25) is 4.90 Å². The van der Waals surface area contributed by atoms with E-state index < -0.39 is 0 Å². The molecule has 2 aromatic rings.